The van der Waals surface area contributed by atoms with Crippen LogP contribution in [-0.4, -0.2) is 30.3 Å². The van der Waals surface area contributed by atoms with Crippen LogP contribution in [0.1, 0.15) is 39.2 Å². The number of rotatable bonds is 10. The lowest BCUT2D eigenvalue weighted by atomic mass is 10.2. The van der Waals surface area contributed by atoms with Gasteiger partial charge in [0.05, 0.1) is 12.7 Å². The second-order valence-electron chi connectivity index (χ2n) is 5.05. The minimum atomic E-state index is -0.759. The zero-order chi connectivity index (χ0) is 15.7. The van der Waals surface area contributed by atoms with Crippen molar-refractivity contribution in [3.63, 3.8) is 0 Å². The maximum Gasteiger partial charge on any atom is 0.303 e. The molecule has 0 heterocycles. The maximum atomic E-state index is 10.4. The summed E-state index contributed by atoms with van der Waals surface area (Å²) in [6, 6.07) is 5.87. The number of carbonyl (C=O) groups is 1. The van der Waals surface area contributed by atoms with Crippen molar-refractivity contribution < 1.29 is 19.4 Å². The van der Waals surface area contributed by atoms with Crippen molar-refractivity contribution in [3.8, 4) is 11.5 Å². The lowest BCUT2D eigenvalue weighted by Gasteiger charge is -2.15. The third-order valence-corrected chi connectivity index (χ3v) is 2.74. The van der Waals surface area contributed by atoms with Crippen LogP contribution < -0.4 is 14.8 Å². The molecule has 0 atom stereocenters. The van der Waals surface area contributed by atoms with Gasteiger partial charge in [-0.25, -0.2) is 0 Å². The highest BCUT2D eigenvalue weighted by atomic mass is 16.5. The Morgan fingerprint density at radius 3 is 2.71 bits per heavy atom. The SMILES string of the molecule is CCOc1cc(CNCCCC(=O)O)ccc1OC(C)C. The summed E-state index contributed by atoms with van der Waals surface area (Å²) in [5.41, 5.74) is 1.09. The Kier molecular flexibility index (Phi) is 7.61. The van der Waals surface area contributed by atoms with Gasteiger partial charge in [0.25, 0.3) is 0 Å². The molecule has 0 aliphatic rings. The predicted octanol–water partition coefficient (Wildman–Crippen LogP) is 2.83. The topological polar surface area (TPSA) is 67.8 Å². The van der Waals surface area contributed by atoms with E-state index in [-0.39, 0.29) is 12.5 Å². The van der Waals surface area contributed by atoms with E-state index in [1.54, 1.807) is 0 Å². The fraction of sp³-hybridized carbons (Fsp3) is 0.562. The molecule has 0 aliphatic carbocycles. The quantitative estimate of drug-likeness (QED) is 0.650. The van der Waals surface area contributed by atoms with Gasteiger partial charge in [-0.2, -0.15) is 0 Å². The van der Waals surface area contributed by atoms with Crippen molar-refractivity contribution in [2.45, 2.75) is 46.3 Å². The van der Waals surface area contributed by atoms with E-state index in [0.29, 0.717) is 26.1 Å². The first-order chi connectivity index (χ1) is 10.0. The normalized spacial score (nSPS) is 10.7. The molecule has 2 N–H and O–H groups in total. The van der Waals surface area contributed by atoms with Crippen LogP contribution >= 0.6 is 0 Å². The number of aliphatic carboxylic acids is 1. The van der Waals surface area contributed by atoms with Crippen LogP contribution in [0.2, 0.25) is 0 Å². The highest BCUT2D eigenvalue weighted by molar-refractivity contribution is 5.66. The van der Waals surface area contributed by atoms with E-state index in [9.17, 15) is 4.79 Å². The van der Waals surface area contributed by atoms with E-state index in [1.165, 1.54) is 0 Å². The van der Waals surface area contributed by atoms with Gasteiger partial charge < -0.3 is 19.9 Å². The van der Waals surface area contributed by atoms with Crippen molar-refractivity contribution in [1.29, 1.82) is 0 Å². The Morgan fingerprint density at radius 1 is 1.33 bits per heavy atom. The number of nitrogens with one attached hydrogen (secondary N) is 1. The lowest BCUT2D eigenvalue weighted by molar-refractivity contribution is -0.137. The molecule has 0 fully saturated rings. The van der Waals surface area contributed by atoms with Gasteiger partial charge in [-0.3, -0.25) is 4.79 Å². The molecule has 0 saturated carbocycles. The van der Waals surface area contributed by atoms with Crippen molar-refractivity contribution in [2.75, 3.05) is 13.2 Å². The molecule has 5 heteroatoms. The first-order valence-electron chi connectivity index (χ1n) is 7.37. The zero-order valence-electron chi connectivity index (χ0n) is 13.0. The van der Waals surface area contributed by atoms with Crippen molar-refractivity contribution >= 4 is 5.97 Å². The van der Waals surface area contributed by atoms with Crippen molar-refractivity contribution in [1.82, 2.24) is 5.32 Å². The molecule has 0 aliphatic heterocycles. The molecule has 0 aromatic heterocycles. The molecule has 0 unspecified atom stereocenters. The van der Waals surface area contributed by atoms with E-state index in [0.717, 1.165) is 17.1 Å². The average molecular weight is 295 g/mol. The molecule has 1 aromatic carbocycles. The lowest BCUT2D eigenvalue weighted by Crippen LogP contribution is -2.16. The first kappa shape index (κ1) is 17.3. The summed E-state index contributed by atoms with van der Waals surface area (Å²) in [7, 11) is 0. The highest BCUT2D eigenvalue weighted by Gasteiger charge is 2.08. The molecule has 21 heavy (non-hydrogen) atoms. The van der Waals surface area contributed by atoms with Crippen molar-refractivity contribution in [3.05, 3.63) is 23.8 Å². The largest absolute Gasteiger partial charge is 0.490 e. The van der Waals surface area contributed by atoms with Gasteiger partial charge in [-0.05, 0) is 51.4 Å². The molecule has 0 spiro atoms. The smallest absolute Gasteiger partial charge is 0.303 e. The van der Waals surface area contributed by atoms with E-state index >= 15 is 0 Å². The number of carboxylic acid groups (broad SMARTS) is 1. The Bertz CT molecular complexity index is 446. The summed E-state index contributed by atoms with van der Waals surface area (Å²) in [6.07, 6.45) is 0.921. The van der Waals surface area contributed by atoms with E-state index in [1.807, 2.05) is 39.0 Å². The van der Waals surface area contributed by atoms with E-state index < -0.39 is 5.97 Å². The molecular formula is C16H25NO4. The third-order valence-electron chi connectivity index (χ3n) is 2.74. The first-order valence-corrected chi connectivity index (χ1v) is 7.37. The molecule has 0 amide bonds. The molecule has 0 bridgehead atoms. The number of hydrogen-bond acceptors (Lipinski definition) is 4. The standard InChI is InChI=1S/C16H25NO4/c1-4-20-15-10-13(7-8-14(15)21-12(2)3)11-17-9-5-6-16(18)19/h7-8,10,12,17H,4-6,9,11H2,1-3H3,(H,18,19). The van der Waals surface area contributed by atoms with Crippen LogP contribution in [0.4, 0.5) is 0 Å². The Morgan fingerprint density at radius 2 is 2.10 bits per heavy atom. The third kappa shape index (κ3) is 6.99. The molecule has 0 saturated heterocycles. The van der Waals surface area contributed by atoms with Gasteiger partial charge in [-0.1, -0.05) is 6.07 Å². The van der Waals surface area contributed by atoms with Crippen LogP contribution in [0, 0.1) is 0 Å². The van der Waals surface area contributed by atoms with Crippen LogP contribution in [-0.2, 0) is 11.3 Å². The minimum absolute atomic E-state index is 0.101. The molecule has 1 rings (SSSR count). The van der Waals surface area contributed by atoms with Gasteiger partial charge in [0.2, 0.25) is 0 Å². The molecule has 118 valence electrons. The van der Waals surface area contributed by atoms with E-state index in [2.05, 4.69) is 5.32 Å². The van der Waals surface area contributed by atoms with Crippen LogP contribution in [0.3, 0.4) is 0 Å². The van der Waals surface area contributed by atoms with E-state index in [4.69, 9.17) is 14.6 Å². The fourth-order valence-electron chi connectivity index (χ4n) is 1.88. The van der Waals surface area contributed by atoms with Gasteiger partial charge >= 0.3 is 5.97 Å². The summed E-state index contributed by atoms with van der Waals surface area (Å²) in [6.45, 7) is 7.85. The number of benzene rings is 1. The zero-order valence-corrected chi connectivity index (χ0v) is 13.0. The Hall–Kier alpha value is -1.75. The fourth-order valence-corrected chi connectivity index (χ4v) is 1.88. The summed E-state index contributed by atoms with van der Waals surface area (Å²) in [5.74, 6) is 0.739. The Balaban J connectivity index is 2.54. The number of hydrogen-bond donors (Lipinski definition) is 2. The molecular weight excluding hydrogens is 270 g/mol. The summed E-state index contributed by atoms with van der Waals surface area (Å²) >= 11 is 0. The van der Waals surface area contributed by atoms with Gasteiger partial charge in [-0.15, -0.1) is 0 Å². The van der Waals surface area contributed by atoms with Crippen LogP contribution in [0.5, 0.6) is 11.5 Å². The highest BCUT2D eigenvalue weighted by Crippen LogP contribution is 2.29. The molecule has 5 nitrogen and oxygen atoms in total. The Labute approximate surface area is 126 Å². The van der Waals surface area contributed by atoms with Crippen LogP contribution in [0.25, 0.3) is 0 Å². The van der Waals surface area contributed by atoms with Gasteiger partial charge in [0, 0.05) is 13.0 Å². The second kappa shape index (κ2) is 9.23. The monoisotopic (exact) mass is 295 g/mol. The summed E-state index contributed by atoms with van der Waals surface area (Å²) in [5, 5.41) is 11.8. The van der Waals surface area contributed by atoms with Crippen molar-refractivity contribution in [2.24, 2.45) is 0 Å². The van der Waals surface area contributed by atoms with Crippen LogP contribution in [0.15, 0.2) is 18.2 Å². The van der Waals surface area contributed by atoms with Gasteiger partial charge in [0.15, 0.2) is 11.5 Å². The minimum Gasteiger partial charge on any atom is -0.490 e. The van der Waals surface area contributed by atoms with Gasteiger partial charge in [0.1, 0.15) is 0 Å². The maximum absolute atomic E-state index is 10.4. The number of carboxylic acids is 1. The average Bonchev–Trinajstić information content (AvgIpc) is 2.40. The summed E-state index contributed by atoms with van der Waals surface area (Å²) in [4.78, 5) is 10.4. The summed E-state index contributed by atoms with van der Waals surface area (Å²) < 4.78 is 11.3. The number of ether oxygens (including phenoxy) is 2. The second-order valence-corrected chi connectivity index (χ2v) is 5.05. The predicted molar refractivity (Wildman–Crippen MR) is 82.0 cm³/mol. The molecule has 0 radical (unpaired) electrons. The molecule has 1 aromatic rings.